The number of carbonyl (C=O) groups is 2. The van der Waals surface area contributed by atoms with E-state index in [2.05, 4.69) is 9.97 Å². The summed E-state index contributed by atoms with van der Waals surface area (Å²) in [7, 11) is 0. The number of carbonyl (C=O) groups excluding carboxylic acids is 2. The second-order valence-electron chi connectivity index (χ2n) is 8.31. The Bertz CT molecular complexity index is 1180. The summed E-state index contributed by atoms with van der Waals surface area (Å²) in [5.41, 5.74) is 3.00. The lowest BCUT2D eigenvalue weighted by Gasteiger charge is -2.24. The number of rotatable bonds is 6. The molecule has 4 rings (SSSR count). The molecule has 2 amide bonds. The van der Waals surface area contributed by atoms with Gasteiger partial charge in [-0.2, -0.15) is 0 Å². The van der Waals surface area contributed by atoms with Crippen LogP contribution in [-0.4, -0.2) is 57.8 Å². The number of hydrogen-bond donors (Lipinski definition) is 1. The first kappa shape index (κ1) is 22.5. The maximum Gasteiger partial charge on any atom is 0.270 e. The van der Waals surface area contributed by atoms with Gasteiger partial charge in [-0.15, -0.1) is 0 Å². The highest BCUT2D eigenvalue weighted by atomic mass is 16.2. The molecule has 170 valence electrons. The van der Waals surface area contributed by atoms with Crippen LogP contribution in [0.4, 0.5) is 0 Å². The molecule has 1 fully saturated rings. The molecule has 2 aromatic heterocycles. The van der Waals surface area contributed by atoms with Crippen molar-refractivity contribution in [1.82, 2.24) is 19.8 Å². The highest BCUT2D eigenvalue weighted by Crippen LogP contribution is 2.27. The van der Waals surface area contributed by atoms with Gasteiger partial charge >= 0.3 is 0 Å². The summed E-state index contributed by atoms with van der Waals surface area (Å²) in [6, 6.07) is 16.5. The lowest BCUT2D eigenvalue weighted by atomic mass is 9.91. The molecular weight excluding hydrogens is 416 g/mol. The summed E-state index contributed by atoms with van der Waals surface area (Å²) in [5, 5.41) is 0. The Hall–Kier alpha value is -3.74. The molecule has 1 atom stereocenters. The van der Waals surface area contributed by atoms with E-state index in [1.54, 1.807) is 23.2 Å². The molecule has 1 N–H and O–H groups in total. The van der Waals surface area contributed by atoms with E-state index in [1.807, 2.05) is 54.4 Å². The summed E-state index contributed by atoms with van der Waals surface area (Å²) < 4.78 is 0. The second-order valence-corrected chi connectivity index (χ2v) is 8.31. The zero-order chi connectivity index (χ0) is 23.2. The normalized spacial score (nSPS) is 16.5. The summed E-state index contributed by atoms with van der Waals surface area (Å²) >= 11 is 0. The second kappa shape index (κ2) is 10.3. The van der Waals surface area contributed by atoms with Gasteiger partial charge < -0.3 is 14.8 Å². The quantitative estimate of drug-likeness (QED) is 0.633. The smallest absolute Gasteiger partial charge is 0.270 e. The van der Waals surface area contributed by atoms with E-state index < -0.39 is 0 Å². The van der Waals surface area contributed by atoms with Crippen molar-refractivity contribution in [2.45, 2.75) is 19.8 Å². The molecule has 3 aromatic rings. The molecule has 0 aliphatic carbocycles. The van der Waals surface area contributed by atoms with Crippen molar-refractivity contribution < 1.29 is 9.59 Å². The van der Waals surface area contributed by atoms with Crippen molar-refractivity contribution >= 4 is 11.8 Å². The molecule has 7 heteroatoms. The molecule has 1 saturated heterocycles. The monoisotopic (exact) mass is 444 g/mol. The fourth-order valence-corrected chi connectivity index (χ4v) is 4.38. The number of aromatic amines is 1. The summed E-state index contributed by atoms with van der Waals surface area (Å²) in [5.74, 6) is -0.574. The summed E-state index contributed by atoms with van der Waals surface area (Å²) in [6.07, 6.45) is 4.92. The number of nitrogens with one attached hydrogen (secondary N) is 1. The van der Waals surface area contributed by atoms with E-state index in [1.165, 1.54) is 6.07 Å². The Morgan fingerprint density at radius 2 is 1.91 bits per heavy atom. The molecule has 0 radical (unpaired) electrons. The lowest BCUT2D eigenvalue weighted by molar-refractivity contribution is -0.134. The van der Waals surface area contributed by atoms with Gasteiger partial charge in [0.1, 0.15) is 5.69 Å². The predicted octanol–water partition coefficient (Wildman–Crippen LogP) is 2.99. The molecule has 0 unspecified atom stereocenters. The summed E-state index contributed by atoms with van der Waals surface area (Å²) in [4.78, 5) is 48.8. The van der Waals surface area contributed by atoms with Gasteiger partial charge in [0.25, 0.3) is 5.91 Å². The lowest BCUT2D eigenvalue weighted by Crippen LogP contribution is -2.38. The summed E-state index contributed by atoms with van der Waals surface area (Å²) in [6.45, 7) is 3.92. The third-order valence-corrected chi connectivity index (χ3v) is 5.98. The Labute approximate surface area is 193 Å². The zero-order valence-electron chi connectivity index (χ0n) is 18.7. The highest BCUT2D eigenvalue weighted by Gasteiger charge is 2.33. The van der Waals surface area contributed by atoms with Crippen LogP contribution in [0.25, 0.3) is 11.1 Å². The van der Waals surface area contributed by atoms with Crippen molar-refractivity contribution in [3.8, 4) is 11.1 Å². The van der Waals surface area contributed by atoms with E-state index in [-0.39, 0.29) is 29.0 Å². The number of H-pyrrole nitrogens is 1. The molecule has 7 nitrogen and oxygen atoms in total. The molecule has 1 aromatic carbocycles. The fourth-order valence-electron chi connectivity index (χ4n) is 4.38. The Balaban J connectivity index is 1.64. The molecule has 0 saturated carbocycles. The van der Waals surface area contributed by atoms with Crippen molar-refractivity contribution in [2.75, 3.05) is 26.2 Å². The van der Waals surface area contributed by atoms with Crippen LogP contribution in [0.3, 0.4) is 0 Å². The largest absolute Gasteiger partial charge is 0.341 e. The first-order valence-corrected chi connectivity index (χ1v) is 11.3. The Morgan fingerprint density at radius 1 is 1.06 bits per heavy atom. The molecule has 1 aliphatic heterocycles. The topological polar surface area (TPSA) is 86.4 Å². The average Bonchev–Trinajstić information content (AvgIpc) is 2.99. The number of nitrogens with zero attached hydrogens (tertiary/aromatic N) is 3. The van der Waals surface area contributed by atoms with Gasteiger partial charge in [0, 0.05) is 50.2 Å². The van der Waals surface area contributed by atoms with Crippen LogP contribution in [0.5, 0.6) is 0 Å². The fraction of sp³-hybridized carbons (Fsp3) is 0.308. The number of amides is 2. The van der Waals surface area contributed by atoms with Gasteiger partial charge in [-0.25, -0.2) is 0 Å². The van der Waals surface area contributed by atoms with Gasteiger partial charge in [0.15, 0.2) is 0 Å². The van der Waals surface area contributed by atoms with E-state index >= 15 is 0 Å². The molecule has 0 bridgehead atoms. The number of hydrogen-bond acceptors (Lipinski definition) is 4. The van der Waals surface area contributed by atoms with Crippen LogP contribution in [0.2, 0.25) is 0 Å². The van der Waals surface area contributed by atoms with Crippen molar-refractivity contribution in [3.63, 3.8) is 0 Å². The third kappa shape index (κ3) is 5.19. The zero-order valence-corrected chi connectivity index (χ0v) is 18.7. The number of pyridine rings is 2. The predicted molar refractivity (Wildman–Crippen MR) is 127 cm³/mol. The van der Waals surface area contributed by atoms with Gasteiger partial charge in [0.05, 0.1) is 5.92 Å². The number of aromatic nitrogens is 2. The van der Waals surface area contributed by atoms with E-state index in [4.69, 9.17) is 0 Å². The van der Waals surface area contributed by atoms with Crippen LogP contribution < -0.4 is 5.56 Å². The molecule has 0 spiro atoms. The van der Waals surface area contributed by atoms with E-state index in [0.29, 0.717) is 32.6 Å². The average molecular weight is 445 g/mol. The van der Waals surface area contributed by atoms with Gasteiger partial charge in [-0.05, 0) is 36.1 Å². The van der Waals surface area contributed by atoms with Crippen LogP contribution in [-0.2, 0) is 11.2 Å². The first-order valence-electron chi connectivity index (χ1n) is 11.3. The van der Waals surface area contributed by atoms with Crippen molar-refractivity contribution in [1.29, 1.82) is 0 Å². The maximum absolute atomic E-state index is 13.5. The highest BCUT2D eigenvalue weighted by molar-refractivity contribution is 5.93. The van der Waals surface area contributed by atoms with Gasteiger partial charge in [-0.1, -0.05) is 43.3 Å². The van der Waals surface area contributed by atoms with E-state index in [0.717, 1.165) is 23.1 Å². The Kier molecular flexibility index (Phi) is 6.98. The minimum Gasteiger partial charge on any atom is -0.341 e. The SMILES string of the molecule is CCCN1CCN(C(=O)c2cccc(=O)[nH]2)C[C@@H](Cc2ccccc2-c2cccnc2)C1=O. The standard InChI is InChI=1S/C26H28N4O3/c1-2-13-29-14-15-30(26(33)23-10-5-11-24(31)28-23)18-21(25(29)32)16-19-7-3-4-9-22(19)20-8-6-12-27-17-20/h3-12,17,21H,2,13-16,18H2,1H3,(H,28,31)/t21-/m1/s1. The van der Waals surface area contributed by atoms with Crippen LogP contribution in [0.1, 0.15) is 29.4 Å². The minimum absolute atomic E-state index is 0.0645. The molecule has 33 heavy (non-hydrogen) atoms. The molecule has 1 aliphatic rings. The van der Waals surface area contributed by atoms with Crippen molar-refractivity contribution in [2.24, 2.45) is 5.92 Å². The van der Waals surface area contributed by atoms with Crippen LogP contribution in [0, 0.1) is 5.92 Å². The minimum atomic E-state index is -0.378. The molecular formula is C26H28N4O3. The van der Waals surface area contributed by atoms with Crippen LogP contribution >= 0.6 is 0 Å². The maximum atomic E-state index is 13.5. The van der Waals surface area contributed by atoms with Crippen molar-refractivity contribution in [3.05, 3.63) is 88.6 Å². The van der Waals surface area contributed by atoms with E-state index in [9.17, 15) is 14.4 Å². The third-order valence-electron chi connectivity index (χ3n) is 5.98. The first-order chi connectivity index (χ1) is 16.1. The Morgan fingerprint density at radius 3 is 2.67 bits per heavy atom. The van der Waals surface area contributed by atoms with Gasteiger partial charge in [0.2, 0.25) is 11.5 Å². The molecule has 3 heterocycles. The number of benzene rings is 1. The van der Waals surface area contributed by atoms with Crippen LogP contribution in [0.15, 0.2) is 71.8 Å². The van der Waals surface area contributed by atoms with Gasteiger partial charge in [-0.3, -0.25) is 19.4 Å².